The fourth-order valence-corrected chi connectivity index (χ4v) is 6.64. The molecule has 1 N–H and O–H groups in total. The minimum atomic E-state index is -0.0765. The first-order valence-corrected chi connectivity index (χ1v) is 15.8. The Morgan fingerprint density at radius 1 is 1.02 bits per heavy atom. The van der Waals surface area contributed by atoms with Crippen molar-refractivity contribution in [2.24, 2.45) is 0 Å². The maximum atomic E-state index is 14.0. The number of hydrogen-bond donors (Lipinski definition) is 1. The van der Waals surface area contributed by atoms with Crippen LogP contribution in [-0.2, 0) is 17.6 Å². The van der Waals surface area contributed by atoms with Crippen LogP contribution in [0.1, 0.15) is 65.8 Å². The van der Waals surface area contributed by atoms with Gasteiger partial charge in [-0.1, -0.05) is 13.3 Å². The molecule has 0 bridgehead atoms. The summed E-state index contributed by atoms with van der Waals surface area (Å²) in [7, 11) is 2.15. The predicted molar refractivity (Wildman–Crippen MR) is 172 cm³/mol. The smallest absolute Gasteiger partial charge is 0.251 e. The van der Waals surface area contributed by atoms with Gasteiger partial charge in [-0.05, 0) is 87.2 Å². The van der Waals surface area contributed by atoms with Crippen LogP contribution >= 0.6 is 0 Å². The molecule has 1 aromatic carbocycles. The molecule has 226 valence electrons. The van der Waals surface area contributed by atoms with Crippen LogP contribution in [0.5, 0.6) is 0 Å². The summed E-state index contributed by atoms with van der Waals surface area (Å²) >= 11 is 0. The van der Waals surface area contributed by atoms with E-state index in [4.69, 9.17) is 9.72 Å². The molecule has 2 aliphatic heterocycles. The third-order valence-corrected chi connectivity index (χ3v) is 9.12. The Kier molecular flexibility index (Phi) is 8.77. The molecule has 0 aliphatic carbocycles. The highest BCUT2D eigenvalue weighted by molar-refractivity contribution is 6.09. The quantitative estimate of drug-likeness (QED) is 0.260. The van der Waals surface area contributed by atoms with Gasteiger partial charge in [0.2, 0.25) is 0 Å². The summed E-state index contributed by atoms with van der Waals surface area (Å²) in [5, 5.41) is 0.967. The lowest BCUT2D eigenvalue weighted by atomic mass is 9.94. The predicted octanol–water partition coefficient (Wildman–Crippen LogP) is 5.57. The Bertz CT molecular complexity index is 1640. The van der Waals surface area contributed by atoms with E-state index < -0.39 is 0 Å². The van der Waals surface area contributed by atoms with Gasteiger partial charge in [-0.15, -0.1) is 0 Å². The molecule has 0 unspecified atom stereocenters. The summed E-state index contributed by atoms with van der Waals surface area (Å²) in [6.45, 7) is 9.52. The van der Waals surface area contributed by atoms with E-state index in [1.54, 1.807) is 0 Å². The average molecular weight is 582 g/mol. The van der Waals surface area contributed by atoms with Crippen molar-refractivity contribution in [3.05, 3.63) is 81.5 Å². The highest BCUT2D eigenvalue weighted by Crippen LogP contribution is 2.34. The molecule has 0 radical (unpaired) electrons. The molecule has 6 rings (SSSR count). The first-order valence-electron chi connectivity index (χ1n) is 15.8. The number of aromatic amines is 1. The lowest BCUT2D eigenvalue weighted by molar-refractivity contribution is 0.0707. The molecular formula is C35H43N5O3. The van der Waals surface area contributed by atoms with Gasteiger partial charge in [0.25, 0.3) is 5.56 Å². The number of H-pyrrole nitrogens is 1. The summed E-state index contributed by atoms with van der Waals surface area (Å²) < 4.78 is 7.97. The molecule has 5 heterocycles. The first kappa shape index (κ1) is 29.3. The maximum Gasteiger partial charge on any atom is 0.251 e. The number of carbonyl (C=O) groups excluding carboxylic acids is 1. The van der Waals surface area contributed by atoms with Crippen molar-refractivity contribution >= 4 is 22.5 Å². The number of likely N-dealkylation sites (N-methyl/N-ethyl adjacent to an activating group) is 1. The number of anilines is 1. The van der Waals surface area contributed by atoms with Crippen LogP contribution in [0.15, 0.2) is 53.6 Å². The molecule has 0 atom stereocenters. The van der Waals surface area contributed by atoms with Gasteiger partial charge in [0, 0.05) is 97.5 Å². The van der Waals surface area contributed by atoms with Crippen LogP contribution in [0.3, 0.4) is 0 Å². The summed E-state index contributed by atoms with van der Waals surface area (Å²) in [6.07, 6.45) is 8.46. The zero-order valence-corrected chi connectivity index (χ0v) is 25.7. The molecule has 2 fully saturated rings. The number of aryl methyl sites for hydroxylation is 2. The molecule has 4 aromatic rings. The topological polar surface area (TPSA) is 83.5 Å². The van der Waals surface area contributed by atoms with Crippen LogP contribution in [-0.4, -0.2) is 71.7 Å². The third-order valence-electron chi connectivity index (χ3n) is 9.12. The van der Waals surface area contributed by atoms with Crippen molar-refractivity contribution in [1.82, 2.24) is 19.4 Å². The van der Waals surface area contributed by atoms with E-state index in [1.807, 2.05) is 19.2 Å². The molecule has 0 spiro atoms. The summed E-state index contributed by atoms with van der Waals surface area (Å²) in [5.41, 5.74) is 6.32. The van der Waals surface area contributed by atoms with Gasteiger partial charge in [0.05, 0.1) is 0 Å². The van der Waals surface area contributed by atoms with Crippen LogP contribution in [0.4, 0.5) is 5.82 Å². The number of nitrogens with zero attached hydrogens (tertiary/aromatic N) is 4. The maximum absolute atomic E-state index is 14.0. The monoisotopic (exact) mass is 581 g/mol. The molecular weight excluding hydrogens is 538 g/mol. The van der Waals surface area contributed by atoms with E-state index in [0.29, 0.717) is 18.0 Å². The van der Waals surface area contributed by atoms with E-state index >= 15 is 0 Å². The largest absolute Gasteiger partial charge is 0.381 e. The highest BCUT2D eigenvalue weighted by Gasteiger charge is 2.22. The van der Waals surface area contributed by atoms with Gasteiger partial charge in [-0.25, -0.2) is 4.98 Å². The van der Waals surface area contributed by atoms with Gasteiger partial charge in [0.15, 0.2) is 5.78 Å². The molecule has 0 amide bonds. The Balaban J connectivity index is 1.34. The number of pyridine rings is 2. The number of ketones is 1. The van der Waals surface area contributed by atoms with E-state index in [0.717, 1.165) is 110 Å². The summed E-state index contributed by atoms with van der Waals surface area (Å²) in [4.78, 5) is 39.3. The van der Waals surface area contributed by atoms with Gasteiger partial charge in [-0.2, -0.15) is 0 Å². The molecule has 3 aromatic heterocycles. The fraction of sp³-hybridized carbons (Fsp3) is 0.457. The van der Waals surface area contributed by atoms with E-state index in [-0.39, 0.29) is 17.8 Å². The zero-order valence-electron chi connectivity index (χ0n) is 25.7. The van der Waals surface area contributed by atoms with Gasteiger partial charge in [-0.3, -0.25) is 9.59 Å². The lowest BCUT2D eigenvalue weighted by Gasteiger charge is -2.33. The molecule has 2 aliphatic rings. The molecule has 2 saturated heterocycles. The SMILES string of the molecule is CCCc1cc(C)[nH]c(=O)c1CCC(=O)c1cc(-c2ccc(N3CCN(C)CC3)nc2)cc2c1ccn2C1CCOCC1. The number of ether oxygens (including phenoxy) is 1. The van der Waals surface area contributed by atoms with Crippen molar-refractivity contribution < 1.29 is 9.53 Å². The van der Waals surface area contributed by atoms with Crippen molar-refractivity contribution in [1.29, 1.82) is 0 Å². The lowest BCUT2D eigenvalue weighted by Crippen LogP contribution is -2.44. The zero-order chi connectivity index (χ0) is 29.9. The minimum absolute atomic E-state index is 0.0565. The van der Waals surface area contributed by atoms with E-state index in [2.05, 4.69) is 69.9 Å². The Morgan fingerprint density at radius 2 is 1.81 bits per heavy atom. The Morgan fingerprint density at radius 3 is 2.53 bits per heavy atom. The summed E-state index contributed by atoms with van der Waals surface area (Å²) in [6, 6.07) is 12.9. The number of Topliss-reactive ketones (excluding diaryl/α,β-unsaturated/α-hetero) is 1. The number of rotatable bonds is 9. The van der Waals surface area contributed by atoms with E-state index in [1.165, 1.54) is 0 Å². The second-order valence-corrected chi connectivity index (χ2v) is 12.2. The van der Waals surface area contributed by atoms with Gasteiger partial charge < -0.3 is 24.1 Å². The molecule has 8 nitrogen and oxygen atoms in total. The number of aromatic nitrogens is 3. The van der Waals surface area contributed by atoms with Crippen molar-refractivity contribution in [3.63, 3.8) is 0 Å². The van der Waals surface area contributed by atoms with Gasteiger partial charge in [0.1, 0.15) is 5.82 Å². The fourth-order valence-electron chi connectivity index (χ4n) is 6.64. The number of fused-ring (bicyclic) bond motifs is 1. The van der Waals surface area contributed by atoms with Crippen LogP contribution in [0, 0.1) is 6.92 Å². The third kappa shape index (κ3) is 6.31. The second kappa shape index (κ2) is 12.9. The van der Waals surface area contributed by atoms with E-state index in [9.17, 15) is 9.59 Å². The number of carbonyl (C=O) groups is 1. The number of hydrogen-bond acceptors (Lipinski definition) is 6. The van der Waals surface area contributed by atoms with Gasteiger partial charge >= 0.3 is 0 Å². The molecule has 43 heavy (non-hydrogen) atoms. The number of benzene rings is 1. The van der Waals surface area contributed by atoms with Crippen LogP contribution in [0.2, 0.25) is 0 Å². The Labute approximate surface area is 253 Å². The van der Waals surface area contributed by atoms with Crippen molar-refractivity contribution in [2.75, 3.05) is 51.3 Å². The number of nitrogens with one attached hydrogen (secondary N) is 1. The first-order chi connectivity index (χ1) is 20.9. The normalized spacial score (nSPS) is 16.7. The van der Waals surface area contributed by atoms with Crippen molar-refractivity contribution in [2.45, 2.75) is 58.4 Å². The van der Waals surface area contributed by atoms with Crippen molar-refractivity contribution in [3.8, 4) is 11.1 Å². The van der Waals surface area contributed by atoms with Crippen LogP contribution < -0.4 is 10.5 Å². The Hall–Kier alpha value is -3.75. The number of piperazine rings is 1. The molecule has 0 saturated carbocycles. The highest BCUT2D eigenvalue weighted by atomic mass is 16.5. The molecule has 8 heteroatoms. The second-order valence-electron chi connectivity index (χ2n) is 12.2. The van der Waals surface area contributed by atoms with Crippen LogP contribution in [0.25, 0.3) is 22.0 Å². The minimum Gasteiger partial charge on any atom is -0.381 e. The summed E-state index contributed by atoms with van der Waals surface area (Å²) in [5.74, 6) is 1.05. The average Bonchev–Trinajstić information content (AvgIpc) is 3.45. The standard InChI is InChI=1S/C35H43N5O3/c1-4-5-25-20-24(2)37-35(42)29(25)7-8-33(41)31-21-27(22-32-30(31)10-13-40(32)28-11-18-43-19-12-28)26-6-9-34(36-23-26)39-16-14-38(3)15-17-39/h6,9-10,13,20-23,28H,4-5,7-8,11-12,14-19H2,1-3H3,(H,37,42).